The molecule has 0 aliphatic rings. The first kappa shape index (κ1) is 13.2. The second kappa shape index (κ2) is 6.00. The smallest absolute Gasteiger partial charge is 0.345 e. The topological polar surface area (TPSA) is 65.7 Å². The number of hydrogen-bond donors (Lipinski definition) is 0. The van der Waals surface area contributed by atoms with Crippen LogP contribution in [0.2, 0.25) is 0 Å². The summed E-state index contributed by atoms with van der Waals surface area (Å²) in [6, 6.07) is 0. The Morgan fingerprint density at radius 3 is 2.53 bits per heavy atom. The van der Waals surface area contributed by atoms with Crippen LogP contribution in [0.25, 0.3) is 6.08 Å². The highest BCUT2D eigenvalue weighted by Crippen LogP contribution is 2.24. The van der Waals surface area contributed by atoms with Gasteiger partial charge in [0, 0.05) is 7.11 Å². The number of methoxy groups -OCH3 is 2. The molecule has 1 aromatic rings. The molecule has 0 fully saturated rings. The van der Waals surface area contributed by atoms with Crippen molar-refractivity contribution in [2.45, 2.75) is 13.5 Å². The van der Waals surface area contributed by atoms with Gasteiger partial charge in [0.2, 0.25) is 0 Å². The summed E-state index contributed by atoms with van der Waals surface area (Å²) in [5.41, 5.74) is -0.162. The zero-order valence-electron chi connectivity index (χ0n) is 9.98. The fourth-order valence-corrected chi connectivity index (χ4v) is 1.47. The second-order valence-electron chi connectivity index (χ2n) is 3.23. The lowest BCUT2D eigenvalue weighted by Gasteiger charge is -2.10. The van der Waals surface area contributed by atoms with Crippen molar-refractivity contribution in [2.24, 2.45) is 0 Å². The highest BCUT2D eigenvalue weighted by atomic mass is 16.5. The summed E-state index contributed by atoms with van der Waals surface area (Å²) in [6.45, 7) is 1.78. The second-order valence-corrected chi connectivity index (χ2v) is 3.23. The van der Waals surface area contributed by atoms with Gasteiger partial charge in [-0.25, -0.2) is 4.79 Å². The highest BCUT2D eigenvalue weighted by molar-refractivity contribution is 5.84. The molecule has 0 N–H and O–H groups in total. The van der Waals surface area contributed by atoms with E-state index in [4.69, 9.17) is 13.9 Å². The molecule has 0 aliphatic heterocycles. The fourth-order valence-electron chi connectivity index (χ4n) is 1.47. The molecule has 0 amide bonds. The molecule has 1 aromatic heterocycles. The summed E-state index contributed by atoms with van der Waals surface area (Å²) in [5.74, 6) is 0.385. The summed E-state index contributed by atoms with van der Waals surface area (Å²) < 4.78 is 15.0. The van der Waals surface area contributed by atoms with Crippen LogP contribution in [0, 0.1) is 0 Å². The Balaban J connectivity index is 3.56. The minimum absolute atomic E-state index is 0.0302. The number of allylic oxidation sites excluding steroid dienone is 1. The van der Waals surface area contributed by atoms with Gasteiger partial charge in [-0.15, -0.1) is 0 Å². The third kappa shape index (κ3) is 2.62. The Kier molecular flexibility index (Phi) is 4.66. The van der Waals surface area contributed by atoms with E-state index in [1.165, 1.54) is 20.3 Å². The largest absolute Gasteiger partial charge is 0.495 e. The zero-order valence-corrected chi connectivity index (χ0v) is 9.98. The molecular formula is C12H14O5. The normalized spacial score (nSPS) is 10.8. The SMILES string of the molecule is CC=Cc1oc(=O)c(COC)c(OC)c1C=O. The van der Waals surface area contributed by atoms with Crippen LogP contribution in [0.4, 0.5) is 0 Å². The van der Waals surface area contributed by atoms with E-state index in [9.17, 15) is 9.59 Å². The van der Waals surface area contributed by atoms with Gasteiger partial charge in [-0.2, -0.15) is 0 Å². The van der Waals surface area contributed by atoms with Crippen LogP contribution in [-0.2, 0) is 11.3 Å². The lowest BCUT2D eigenvalue weighted by Crippen LogP contribution is -2.14. The van der Waals surface area contributed by atoms with Crippen LogP contribution < -0.4 is 10.4 Å². The summed E-state index contributed by atoms with van der Waals surface area (Å²) in [4.78, 5) is 22.7. The third-order valence-corrected chi connectivity index (χ3v) is 2.16. The summed E-state index contributed by atoms with van der Waals surface area (Å²) >= 11 is 0. The lowest BCUT2D eigenvalue weighted by molar-refractivity contribution is 0.111. The molecule has 1 heterocycles. The van der Waals surface area contributed by atoms with E-state index in [2.05, 4.69) is 0 Å². The van der Waals surface area contributed by atoms with E-state index in [0.717, 1.165) is 0 Å². The monoisotopic (exact) mass is 238 g/mol. The van der Waals surface area contributed by atoms with Gasteiger partial charge in [0.15, 0.2) is 6.29 Å². The van der Waals surface area contributed by atoms with Crippen LogP contribution in [0.15, 0.2) is 15.3 Å². The zero-order chi connectivity index (χ0) is 12.8. The Hall–Kier alpha value is -1.88. The van der Waals surface area contributed by atoms with Gasteiger partial charge >= 0.3 is 5.63 Å². The maximum Gasteiger partial charge on any atom is 0.345 e. The van der Waals surface area contributed by atoms with Gasteiger partial charge in [-0.05, 0) is 13.0 Å². The van der Waals surface area contributed by atoms with Crippen molar-refractivity contribution in [2.75, 3.05) is 14.2 Å². The average Bonchev–Trinajstić information content (AvgIpc) is 2.32. The molecule has 0 bridgehead atoms. The molecule has 0 saturated heterocycles. The van der Waals surface area contributed by atoms with Crippen molar-refractivity contribution in [1.29, 1.82) is 0 Å². The minimum Gasteiger partial charge on any atom is -0.495 e. The van der Waals surface area contributed by atoms with Crippen molar-refractivity contribution >= 4 is 12.4 Å². The highest BCUT2D eigenvalue weighted by Gasteiger charge is 2.18. The van der Waals surface area contributed by atoms with Gasteiger partial charge in [0.25, 0.3) is 0 Å². The summed E-state index contributed by atoms with van der Waals surface area (Å²) in [7, 11) is 2.83. The molecule has 5 nitrogen and oxygen atoms in total. The minimum atomic E-state index is -0.567. The van der Waals surface area contributed by atoms with E-state index in [0.29, 0.717) is 6.29 Å². The van der Waals surface area contributed by atoms with Crippen molar-refractivity contribution in [3.8, 4) is 5.75 Å². The lowest BCUT2D eigenvalue weighted by atomic mass is 10.1. The maximum atomic E-state index is 11.7. The number of aldehydes is 1. The van der Waals surface area contributed by atoms with E-state index < -0.39 is 5.63 Å². The van der Waals surface area contributed by atoms with E-state index in [-0.39, 0.29) is 29.2 Å². The molecule has 17 heavy (non-hydrogen) atoms. The molecule has 0 aliphatic carbocycles. The van der Waals surface area contributed by atoms with Gasteiger partial charge in [-0.3, -0.25) is 4.79 Å². The number of rotatable bonds is 5. The maximum absolute atomic E-state index is 11.7. The fraction of sp³-hybridized carbons (Fsp3) is 0.333. The Morgan fingerprint density at radius 1 is 1.35 bits per heavy atom. The first-order valence-electron chi connectivity index (χ1n) is 5.00. The van der Waals surface area contributed by atoms with Crippen LogP contribution in [-0.4, -0.2) is 20.5 Å². The number of hydrogen-bond acceptors (Lipinski definition) is 5. The Bertz CT molecular complexity index is 484. The van der Waals surface area contributed by atoms with Crippen molar-refractivity contribution in [3.05, 3.63) is 33.4 Å². The van der Waals surface area contributed by atoms with Gasteiger partial charge < -0.3 is 13.9 Å². The number of ether oxygens (including phenoxy) is 2. The van der Waals surface area contributed by atoms with Crippen LogP contribution >= 0.6 is 0 Å². The standard InChI is InChI=1S/C12H14O5/c1-4-5-10-8(6-13)11(16-3)9(7-15-2)12(14)17-10/h4-6H,7H2,1-3H3. The molecule has 0 atom stereocenters. The molecule has 0 radical (unpaired) electrons. The molecule has 0 spiro atoms. The molecule has 0 saturated carbocycles. The predicted molar refractivity (Wildman–Crippen MR) is 62.3 cm³/mol. The van der Waals surface area contributed by atoms with Gasteiger partial charge in [0.05, 0.1) is 19.3 Å². The van der Waals surface area contributed by atoms with E-state index in [1.54, 1.807) is 13.0 Å². The van der Waals surface area contributed by atoms with Crippen LogP contribution in [0.5, 0.6) is 5.75 Å². The third-order valence-electron chi connectivity index (χ3n) is 2.16. The number of carbonyl (C=O) groups excluding carboxylic acids is 1. The first-order chi connectivity index (χ1) is 8.19. The van der Waals surface area contributed by atoms with E-state index >= 15 is 0 Å². The predicted octanol–water partition coefficient (Wildman–Crippen LogP) is 1.64. The Labute approximate surface area is 98.7 Å². The Morgan fingerprint density at radius 2 is 2.06 bits per heavy atom. The molecular weight excluding hydrogens is 224 g/mol. The van der Waals surface area contributed by atoms with Crippen LogP contribution in [0.3, 0.4) is 0 Å². The van der Waals surface area contributed by atoms with E-state index in [1.807, 2.05) is 0 Å². The molecule has 1 rings (SSSR count). The molecule has 5 heteroatoms. The average molecular weight is 238 g/mol. The molecule has 0 unspecified atom stereocenters. The van der Waals surface area contributed by atoms with Gasteiger partial charge in [0.1, 0.15) is 17.1 Å². The quantitative estimate of drug-likeness (QED) is 0.729. The number of carbonyl (C=O) groups is 1. The van der Waals surface area contributed by atoms with Gasteiger partial charge in [-0.1, -0.05) is 6.08 Å². The summed E-state index contributed by atoms with van der Waals surface area (Å²) in [5, 5.41) is 0. The molecule has 92 valence electrons. The molecule has 0 aromatic carbocycles. The first-order valence-corrected chi connectivity index (χ1v) is 5.00. The van der Waals surface area contributed by atoms with Crippen molar-refractivity contribution in [3.63, 3.8) is 0 Å². The van der Waals surface area contributed by atoms with Crippen LogP contribution in [0.1, 0.15) is 28.6 Å². The summed E-state index contributed by atoms with van der Waals surface area (Å²) in [6.07, 6.45) is 3.79. The van der Waals surface area contributed by atoms with Crippen molar-refractivity contribution in [1.82, 2.24) is 0 Å². The van der Waals surface area contributed by atoms with Crippen molar-refractivity contribution < 1.29 is 18.7 Å².